The fourth-order valence-corrected chi connectivity index (χ4v) is 1.74. The van der Waals surface area contributed by atoms with Crippen molar-refractivity contribution in [2.75, 3.05) is 12.4 Å². The monoisotopic (exact) mass is 322 g/mol. The van der Waals surface area contributed by atoms with E-state index in [4.69, 9.17) is 4.74 Å². The van der Waals surface area contributed by atoms with E-state index >= 15 is 0 Å². The molecule has 5 nitrogen and oxygen atoms in total. The highest BCUT2D eigenvalue weighted by Crippen LogP contribution is 2.14. The molecule has 0 spiro atoms. The van der Waals surface area contributed by atoms with Gasteiger partial charge in [0.2, 0.25) is 5.43 Å². The summed E-state index contributed by atoms with van der Waals surface area (Å²) < 4.78 is 5.75. The minimum atomic E-state index is -0.387. The third-order valence-electron chi connectivity index (χ3n) is 2.44. The Labute approximate surface area is 117 Å². The van der Waals surface area contributed by atoms with Crippen LogP contribution in [-0.2, 0) is 0 Å². The first kappa shape index (κ1) is 13.4. The molecule has 2 aromatic rings. The second kappa shape index (κ2) is 5.71. The highest BCUT2D eigenvalue weighted by molar-refractivity contribution is 9.10. The van der Waals surface area contributed by atoms with Crippen LogP contribution >= 0.6 is 15.9 Å². The Kier molecular flexibility index (Phi) is 4.01. The lowest BCUT2D eigenvalue weighted by molar-refractivity contribution is 0.102. The number of H-pyrrole nitrogens is 1. The molecule has 0 unspecified atom stereocenters. The zero-order chi connectivity index (χ0) is 13.8. The molecule has 1 heterocycles. The molecular weight excluding hydrogens is 312 g/mol. The number of aromatic nitrogens is 1. The summed E-state index contributed by atoms with van der Waals surface area (Å²) in [5, 5.41) is 2.68. The standard InChI is InChI=1S/C13H11BrN2O3/c1-19-12-7-15-10(6-11(12)17)13(18)16-9-4-2-8(14)3-5-9/h2-7H,1H3,(H,15,17)(H,16,18). The van der Waals surface area contributed by atoms with E-state index in [1.165, 1.54) is 19.4 Å². The van der Waals surface area contributed by atoms with Gasteiger partial charge in [-0.05, 0) is 24.3 Å². The Bertz CT molecular complexity index is 650. The number of hydrogen-bond donors (Lipinski definition) is 2. The smallest absolute Gasteiger partial charge is 0.272 e. The number of carbonyl (C=O) groups excluding carboxylic acids is 1. The maximum absolute atomic E-state index is 11.9. The van der Waals surface area contributed by atoms with E-state index in [9.17, 15) is 9.59 Å². The number of amides is 1. The van der Waals surface area contributed by atoms with E-state index in [2.05, 4.69) is 26.2 Å². The first-order chi connectivity index (χ1) is 9.10. The first-order valence-electron chi connectivity index (χ1n) is 5.44. The van der Waals surface area contributed by atoms with Crippen molar-refractivity contribution in [1.82, 2.24) is 4.98 Å². The Morgan fingerprint density at radius 2 is 2.00 bits per heavy atom. The van der Waals surface area contributed by atoms with Crippen LogP contribution < -0.4 is 15.5 Å². The number of pyridine rings is 1. The molecule has 2 rings (SSSR count). The normalized spacial score (nSPS) is 10.0. The lowest BCUT2D eigenvalue weighted by Gasteiger charge is -2.06. The average Bonchev–Trinajstić information content (AvgIpc) is 2.41. The zero-order valence-electron chi connectivity index (χ0n) is 10.1. The summed E-state index contributed by atoms with van der Waals surface area (Å²) in [6.45, 7) is 0. The van der Waals surface area contributed by atoms with Crippen molar-refractivity contribution < 1.29 is 9.53 Å². The number of ether oxygens (including phenoxy) is 1. The van der Waals surface area contributed by atoms with Gasteiger partial charge in [-0.1, -0.05) is 15.9 Å². The molecule has 1 amide bonds. The fourth-order valence-electron chi connectivity index (χ4n) is 1.48. The summed E-state index contributed by atoms with van der Waals surface area (Å²) in [6.07, 6.45) is 1.36. The highest BCUT2D eigenvalue weighted by Gasteiger charge is 2.09. The van der Waals surface area contributed by atoms with Gasteiger partial charge >= 0.3 is 0 Å². The SMILES string of the molecule is COc1c[nH]c(C(=O)Nc2ccc(Br)cc2)cc1=O. The van der Waals surface area contributed by atoms with Gasteiger partial charge in [-0.2, -0.15) is 0 Å². The van der Waals surface area contributed by atoms with Crippen molar-refractivity contribution in [3.05, 3.63) is 56.9 Å². The number of carbonyl (C=O) groups is 1. The summed E-state index contributed by atoms with van der Waals surface area (Å²) in [7, 11) is 1.39. The van der Waals surface area contributed by atoms with Gasteiger partial charge in [-0.3, -0.25) is 9.59 Å². The minimum Gasteiger partial charge on any atom is -0.491 e. The molecule has 0 saturated heterocycles. The van der Waals surface area contributed by atoms with Crippen LogP contribution in [0, 0.1) is 0 Å². The van der Waals surface area contributed by atoms with E-state index in [1.807, 2.05) is 12.1 Å². The van der Waals surface area contributed by atoms with E-state index in [0.29, 0.717) is 5.69 Å². The quantitative estimate of drug-likeness (QED) is 0.911. The van der Waals surface area contributed by atoms with Gasteiger partial charge in [0, 0.05) is 22.4 Å². The number of halogens is 1. The molecule has 0 aliphatic heterocycles. The lowest BCUT2D eigenvalue weighted by Crippen LogP contribution is -2.17. The lowest BCUT2D eigenvalue weighted by atomic mass is 10.3. The topological polar surface area (TPSA) is 71.2 Å². The maximum Gasteiger partial charge on any atom is 0.272 e. The van der Waals surface area contributed by atoms with Crippen molar-refractivity contribution in [2.24, 2.45) is 0 Å². The molecule has 1 aromatic heterocycles. The summed E-state index contributed by atoms with van der Waals surface area (Å²) in [5.41, 5.74) is 0.473. The molecular formula is C13H11BrN2O3. The van der Waals surface area contributed by atoms with Crippen LogP contribution in [0.5, 0.6) is 5.75 Å². The van der Waals surface area contributed by atoms with Crippen LogP contribution in [0.4, 0.5) is 5.69 Å². The zero-order valence-corrected chi connectivity index (χ0v) is 11.7. The van der Waals surface area contributed by atoms with E-state index in [-0.39, 0.29) is 22.8 Å². The van der Waals surface area contributed by atoms with Crippen molar-refractivity contribution in [1.29, 1.82) is 0 Å². The molecule has 19 heavy (non-hydrogen) atoms. The van der Waals surface area contributed by atoms with E-state index in [0.717, 1.165) is 4.47 Å². The van der Waals surface area contributed by atoms with Crippen molar-refractivity contribution in [2.45, 2.75) is 0 Å². The molecule has 0 radical (unpaired) electrons. The van der Waals surface area contributed by atoms with Crippen LogP contribution in [0.2, 0.25) is 0 Å². The molecule has 2 N–H and O–H groups in total. The van der Waals surface area contributed by atoms with Crippen LogP contribution in [-0.4, -0.2) is 18.0 Å². The number of anilines is 1. The van der Waals surface area contributed by atoms with Gasteiger partial charge in [-0.15, -0.1) is 0 Å². The van der Waals surface area contributed by atoms with E-state index < -0.39 is 0 Å². The van der Waals surface area contributed by atoms with Crippen molar-refractivity contribution in [3.63, 3.8) is 0 Å². The van der Waals surface area contributed by atoms with Gasteiger partial charge < -0.3 is 15.0 Å². The fraction of sp³-hybridized carbons (Fsp3) is 0.0769. The molecule has 0 bridgehead atoms. The molecule has 0 atom stereocenters. The molecule has 0 aliphatic carbocycles. The summed E-state index contributed by atoms with van der Waals surface area (Å²) in [6, 6.07) is 8.33. The molecule has 0 fully saturated rings. The number of benzene rings is 1. The van der Waals surface area contributed by atoms with E-state index in [1.54, 1.807) is 12.1 Å². The van der Waals surface area contributed by atoms with Gasteiger partial charge in [0.05, 0.1) is 7.11 Å². The number of hydrogen-bond acceptors (Lipinski definition) is 3. The summed E-state index contributed by atoms with van der Waals surface area (Å²) in [4.78, 5) is 26.2. The van der Waals surface area contributed by atoms with Gasteiger partial charge in [0.15, 0.2) is 5.75 Å². The molecule has 98 valence electrons. The highest BCUT2D eigenvalue weighted by atomic mass is 79.9. The van der Waals surface area contributed by atoms with Crippen molar-refractivity contribution in [3.8, 4) is 5.75 Å². The molecule has 6 heteroatoms. The Morgan fingerprint density at radius 3 is 2.58 bits per heavy atom. The second-order valence-corrected chi connectivity index (χ2v) is 4.66. The maximum atomic E-state index is 11.9. The third kappa shape index (κ3) is 3.23. The first-order valence-corrected chi connectivity index (χ1v) is 6.23. The largest absolute Gasteiger partial charge is 0.491 e. The summed E-state index contributed by atoms with van der Waals surface area (Å²) in [5.74, 6) is -0.220. The minimum absolute atomic E-state index is 0.167. The average molecular weight is 323 g/mol. The van der Waals surface area contributed by atoms with Gasteiger partial charge in [-0.25, -0.2) is 0 Å². The third-order valence-corrected chi connectivity index (χ3v) is 2.97. The molecule has 1 aromatic carbocycles. The van der Waals surface area contributed by atoms with Gasteiger partial charge in [0.25, 0.3) is 5.91 Å². The Hall–Kier alpha value is -2.08. The Balaban J connectivity index is 2.18. The van der Waals surface area contributed by atoms with Crippen LogP contribution in [0.25, 0.3) is 0 Å². The second-order valence-electron chi connectivity index (χ2n) is 3.74. The van der Waals surface area contributed by atoms with Crippen LogP contribution in [0.3, 0.4) is 0 Å². The predicted molar refractivity (Wildman–Crippen MR) is 75.7 cm³/mol. The number of nitrogens with one attached hydrogen (secondary N) is 2. The van der Waals surface area contributed by atoms with Crippen LogP contribution in [0.15, 0.2) is 45.8 Å². The number of rotatable bonds is 3. The molecule has 0 saturated carbocycles. The number of methoxy groups -OCH3 is 1. The van der Waals surface area contributed by atoms with Crippen LogP contribution in [0.1, 0.15) is 10.5 Å². The predicted octanol–water partition coefficient (Wildman–Crippen LogP) is 2.40. The van der Waals surface area contributed by atoms with Gasteiger partial charge in [0.1, 0.15) is 5.69 Å². The Morgan fingerprint density at radius 1 is 1.32 bits per heavy atom. The van der Waals surface area contributed by atoms with Crippen molar-refractivity contribution >= 4 is 27.5 Å². The summed E-state index contributed by atoms with van der Waals surface area (Å²) >= 11 is 3.31. The number of aromatic amines is 1. The molecule has 0 aliphatic rings.